The number of rotatable bonds is 6. The highest BCUT2D eigenvalue weighted by Gasteiger charge is 2.23. The predicted octanol–water partition coefficient (Wildman–Crippen LogP) is 4.60. The third kappa shape index (κ3) is 4.34. The van der Waals surface area contributed by atoms with Crippen LogP contribution in [0.3, 0.4) is 0 Å². The van der Waals surface area contributed by atoms with Crippen molar-refractivity contribution in [2.45, 2.75) is 26.7 Å². The second kappa shape index (κ2) is 8.36. The summed E-state index contributed by atoms with van der Waals surface area (Å²) in [5.74, 6) is 0.948. The summed E-state index contributed by atoms with van der Waals surface area (Å²) in [6, 6.07) is 10.9. The summed E-state index contributed by atoms with van der Waals surface area (Å²) < 4.78 is 32.2. The lowest BCUT2D eigenvalue weighted by atomic mass is 10.0. The van der Waals surface area contributed by atoms with E-state index < -0.39 is 10.0 Å². The Hall–Kier alpha value is -3.66. The third-order valence-electron chi connectivity index (χ3n) is 5.25. The molecule has 2 aromatic heterocycles. The number of aryl methyl sites for hydroxylation is 1. The number of nitrogens with one attached hydrogen (secondary N) is 1. The minimum Gasteiger partial charge on any atom is -0.504 e. The van der Waals surface area contributed by atoms with Crippen LogP contribution in [0.4, 0.5) is 0 Å². The minimum atomic E-state index is -3.39. The van der Waals surface area contributed by atoms with Crippen molar-refractivity contribution in [2.75, 3.05) is 13.4 Å². The molecule has 2 N–H and O–H groups in total. The first-order valence-corrected chi connectivity index (χ1v) is 12.1. The van der Waals surface area contributed by atoms with Crippen molar-refractivity contribution in [3.8, 4) is 34.6 Å². The number of hydrogen-bond donors (Lipinski definition) is 2. The van der Waals surface area contributed by atoms with Crippen LogP contribution >= 0.6 is 0 Å². The molecule has 0 saturated carbocycles. The van der Waals surface area contributed by atoms with Crippen molar-refractivity contribution in [1.82, 2.24) is 19.7 Å². The number of aromatic nitrogens is 4. The number of hydrogen-bond acceptors (Lipinski definition) is 8. The standard InChI is InChI=1S/C23H25N5O4S/c1-13(2)16-10-15-7-6-8-18(21(15)25-12-16)28-22(26-27-23(28)32-33(5,24)30)17-11-20(31-4)19(29)9-14(17)3/h6-13,24,29H,1-5H3. The Bertz CT molecular complexity index is 1460. The lowest BCUT2D eigenvalue weighted by Crippen LogP contribution is -2.10. The van der Waals surface area contributed by atoms with E-state index in [0.717, 1.165) is 17.2 Å². The average molecular weight is 468 g/mol. The Morgan fingerprint density at radius 1 is 1.18 bits per heavy atom. The number of para-hydroxylation sites is 1. The van der Waals surface area contributed by atoms with Crippen molar-refractivity contribution in [3.05, 3.63) is 53.7 Å². The number of benzene rings is 2. The number of aromatic hydroxyl groups is 1. The number of fused-ring (bicyclic) bond motifs is 1. The van der Waals surface area contributed by atoms with Gasteiger partial charge in [0.1, 0.15) is 0 Å². The molecule has 1 atom stereocenters. The maximum Gasteiger partial charge on any atom is 0.337 e. The van der Waals surface area contributed by atoms with Crippen LogP contribution in [0.5, 0.6) is 17.5 Å². The van der Waals surface area contributed by atoms with Gasteiger partial charge in [-0.05, 0) is 48.2 Å². The van der Waals surface area contributed by atoms with Gasteiger partial charge in [-0.25, -0.2) is 13.6 Å². The summed E-state index contributed by atoms with van der Waals surface area (Å²) in [6.07, 6.45) is 2.99. The molecule has 0 fully saturated rings. The van der Waals surface area contributed by atoms with Crippen molar-refractivity contribution in [3.63, 3.8) is 0 Å². The monoisotopic (exact) mass is 467 g/mol. The van der Waals surface area contributed by atoms with Gasteiger partial charge >= 0.3 is 6.01 Å². The molecule has 172 valence electrons. The zero-order valence-corrected chi connectivity index (χ0v) is 19.8. The Morgan fingerprint density at radius 3 is 2.61 bits per heavy atom. The summed E-state index contributed by atoms with van der Waals surface area (Å²) in [5, 5.41) is 19.4. The lowest BCUT2D eigenvalue weighted by molar-refractivity contribution is 0.373. The fraction of sp³-hybridized carbons (Fsp3) is 0.261. The summed E-state index contributed by atoms with van der Waals surface area (Å²) in [5.41, 5.74) is 3.71. The average Bonchev–Trinajstić information content (AvgIpc) is 3.14. The van der Waals surface area contributed by atoms with E-state index in [1.807, 2.05) is 31.3 Å². The zero-order chi connectivity index (χ0) is 23.9. The van der Waals surface area contributed by atoms with Crippen LogP contribution < -0.4 is 8.92 Å². The normalized spacial score (nSPS) is 13.3. The molecule has 2 aromatic carbocycles. The van der Waals surface area contributed by atoms with Gasteiger partial charge in [0.2, 0.25) is 10.0 Å². The molecule has 0 spiro atoms. The largest absolute Gasteiger partial charge is 0.504 e. The molecule has 0 radical (unpaired) electrons. The van der Waals surface area contributed by atoms with Crippen LogP contribution in [0.1, 0.15) is 30.9 Å². The number of phenolic OH excluding ortho intramolecular Hbond substituents is 1. The van der Waals surface area contributed by atoms with E-state index in [1.165, 1.54) is 7.11 Å². The molecule has 0 saturated heterocycles. The molecule has 4 rings (SSSR count). The molecule has 0 aliphatic rings. The molecule has 33 heavy (non-hydrogen) atoms. The number of phenols is 1. The molecular formula is C23H25N5O4S. The van der Waals surface area contributed by atoms with Crippen molar-refractivity contribution in [2.24, 2.45) is 0 Å². The number of pyridine rings is 1. The van der Waals surface area contributed by atoms with Gasteiger partial charge in [0.15, 0.2) is 17.3 Å². The van der Waals surface area contributed by atoms with Gasteiger partial charge in [0.05, 0.1) is 24.6 Å². The fourth-order valence-electron chi connectivity index (χ4n) is 3.59. The van der Waals surface area contributed by atoms with Gasteiger partial charge in [-0.3, -0.25) is 4.98 Å². The van der Waals surface area contributed by atoms with E-state index in [1.54, 1.807) is 16.7 Å². The molecule has 9 nitrogen and oxygen atoms in total. The zero-order valence-electron chi connectivity index (χ0n) is 19.0. The molecule has 0 aliphatic carbocycles. The molecule has 1 unspecified atom stereocenters. The fourth-order valence-corrected chi connectivity index (χ4v) is 3.99. The van der Waals surface area contributed by atoms with E-state index in [2.05, 4.69) is 35.1 Å². The van der Waals surface area contributed by atoms with Gasteiger partial charge in [-0.1, -0.05) is 31.1 Å². The smallest absolute Gasteiger partial charge is 0.337 e. The molecule has 0 amide bonds. The van der Waals surface area contributed by atoms with Crippen molar-refractivity contribution >= 4 is 20.9 Å². The van der Waals surface area contributed by atoms with Crippen LogP contribution in [0.25, 0.3) is 28.0 Å². The van der Waals surface area contributed by atoms with Crippen LogP contribution in [-0.4, -0.2) is 42.4 Å². The van der Waals surface area contributed by atoms with E-state index in [-0.39, 0.29) is 17.5 Å². The first-order valence-electron chi connectivity index (χ1n) is 10.2. The van der Waals surface area contributed by atoms with Crippen LogP contribution in [-0.2, 0) is 10.0 Å². The molecule has 2 heterocycles. The highest BCUT2D eigenvalue weighted by Crippen LogP contribution is 2.37. The van der Waals surface area contributed by atoms with Crippen LogP contribution in [0, 0.1) is 11.7 Å². The quantitative estimate of drug-likeness (QED) is 0.425. The predicted molar refractivity (Wildman–Crippen MR) is 127 cm³/mol. The van der Waals surface area contributed by atoms with Crippen LogP contribution in [0.2, 0.25) is 0 Å². The van der Waals surface area contributed by atoms with E-state index in [0.29, 0.717) is 34.1 Å². The first kappa shape index (κ1) is 22.5. The van der Waals surface area contributed by atoms with Gasteiger partial charge < -0.3 is 14.0 Å². The highest BCUT2D eigenvalue weighted by molar-refractivity contribution is 7.87. The topological polar surface area (TPSA) is 123 Å². The Kier molecular flexibility index (Phi) is 5.71. The number of ether oxygens (including phenoxy) is 1. The maximum absolute atomic E-state index is 12.2. The highest BCUT2D eigenvalue weighted by atomic mass is 32.2. The molecule has 4 aromatic rings. The van der Waals surface area contributed by atoms with Crippen molar-refractivity contribution < 1.29 is 18.2 Å². The van der Waals surface area contributed by atoms with E-state index in [9.17, 15) is 9.32 Å². The second-order valence-corrected chi connectivity index (χ2v) is 9.82. The molecule has 10 heteroatoms. The Labute approximate surface area is 192 Å². The maximum atomic E-state index is 12.2. The van der Waals surface area contributed by atoms with Gasteiger partial charge in [-0.15, -0.1) is 5.10 Å². The van der Waals surface area contributed by atoms with Crippen LogP contribution in [0.15, 0.2) is 42.6 Å². The molecule has 0 aliphatic heterocycles. The number of nitrogens with zero attached hydrogens (tertiary/aromatic N) is 4. The second-order valence-electron chi connectivity index (χ2n) is 8.11. The SMILES string of the molecule is COc1cc(-c2nnc(OS(C)(=N)=O)n2-c2cccc3cc(C(C)C)cnc23)c(C)cc1O. The summed E-state index contributed by atoms with van der Waals surface area (Å²) in [7, 11) is -1.93. The third-order valence-corrected chi connectivity index (χ3v) is 5.72. The minimum absolute atomic E-state index is 0.00272. The lowest BCUT2D eigenvalue weighted by Gasteiger charge is -2.15. The van der Waals surface area contributed by atoms with Gasteiger partial charge in [0.25, 0.3) is 0 Å². The van der Waals surface area contributed by atoms with Crippen molar-refractivity contribution in [1.29, 1.82) is 4.78 Å². The summed E-state index contributed by atoms with van der Waals surface area (Å²) in [6.45, 7) is 6.02. The van der Waals surface area contributed by atoms with E-state index in [4.69, 9.17) is 13.7 Å². The molecular weight excluding hydrogens is 442 g/mol. The summed E-state index contributed by atoms with van der Waals surface area (Å²) >= 11 is 0. The van der Waals surface area contributed by atoms with E-state index >= 15 is 0 Å². The summed E-state index contributed by atoms with van der Waals surface area (Å²) in [4.78, 5) is 4.69. The number of methoxy groups -OCH3 is 1. The van der Waals surface area contributed by atoms with Gasteiger partial charge in [0, 0.05) is 17.1 Å². The molecule has 0 bridgehead atoms. The Morgan fingerprint density at radius 2 is 1.94 bits per heavy atom. The van der Waals surface area contributed by atoms with Gasteiger partial charge in [-0.2, -0.15) is 0 Å². The Balaban J connectivity index is 2.03. The first-order chi connectivity index (χ1) is 15.6.